The number of likely N-dealkylation sites (N-methyl/N-ethyl adjacent to an activating group) is 1. The number of aryl methyl sites for hydroxylation is 1. The first-order valence-electron chi connectivity index (χ1n) is 17.0. The van der Waals surface area contributed by atoms with Gasteiger partial charge in [0.1, 0.15) is 17.1 Å². The van der Waals surface area contributed by atoms with Gasteiger partial charge in [-0.25, -0.2) is 4.98 Å². The van der Waals surface area contributed by atoms with Gasteiger partial charge in [0, 0.05) is 88.0 Å². The van der Waals surface area contributed by atoms with E-state index >= 15 is 0 Å². The second kappa shape index (κ2) is 14.6. The Kier molecular flexibility index (Phi) is 10.1. The first kappa shape index (κ1) is 33.1. The molecule has 254 valence electrons. The van der Waals surface area contributed by atoms with E-state index in [1.165, 1.54) is 63.1 Å². The van der Waals surface area contributed by atoms with E-state index in [1.807, 2.05) is 24.1 Å². The summed E-state index contributed by atoms with van der Waals surface area (Å²) in [4.78, 5) is 26.4. The van der Waals surface area contributed by atoms with Crippen LogP contribution in [0.3, 0.4) is 0 Å². The lowest BCUT2D eigenvalue weighted by Crippen LogP contribution is -2.52. The van der Waals surface area contributed by atoms with Gasteiger partial charge in [-0.3, -0.25) is 14.9 Å². The molecule has 0 bridgehead atoms. The average molecular weight is 734 g/mol. The Balaban J connectivity index is 1.10. The number of hydrogen-bond acceptors (Lipinski definition) is 12. The fourth-order valence-electron chi connectivity index (χ4n) is 6.77. The Hall–Kier alpha value is -3.39. The van der Waals surface area contributed by atoms with Gasteiger partial charge in [-0.05, 0) is 90.8 Å². The van der Waals surface area contributed by atoms with Crippen LogP contribution >= 0.6 is 27.9 Å². The molecule has 4 heterocycles. The number of nitrogens with one attached hydrogen (secondary N) is 2. The quantitative estimate of drug-likeness (QED) is 0.161. The Morgan fingerprint density at radius 2 is 1.73 bits per heavy atom. The van der Waals surface area contributed by atoms with Crippen LogP contribution in [0, 0.1) is 0 Å². The normalized spacial score (nSPS) is 17.9. The minimum atomic E-state index is 0.477. The number of aromatic nitrogens is 4. The number of piperidine rings is 1. The third kappa shape index (κ3) is 7.29. The molecular weight excluding hydrogens is 688 g/mol. The zero-order chi connectivity index (χ0) is 33.2. The summed E-state index contributed by atoms with van der Waals surface area (Å²) in [5.74, 6) is 1.90. The van der Waals surface area contributed by atoms with Crippen LogP contribution in [0.25, 0.3) is 11.0 Å². The molecule has 13 heteroatoms. The van der Waals surface area contributed by atoms with Crippen LogP contribution in [0.15, 0.2) is 47.3 Å². The lowest BCUT2D eigenvalue weighted by Gasteiger charge is -2.43. The molecule has 0 unspecified atom stereocenters. The zero-order valence-electron chi connectivity index (χ0n) is 28.2. The molecule has 2 N–H and O–H groups in total. The number of benzene rings is 2. The van der Waals surface area contributed by atoms with E-state index in [0.717, 1.165) is 57.8 Å². The predicted octanol–water partition coefficient (Wildman–Crippen LogP) is 6.70. The van der Waals surface area contributed by atoms with E-state index in [0.29, 0.717) is 23.1 Å². The van der Waals surface area contributed by atoms with Gasteiger partial charge in [-0.15, -0.1) is 0 Å². The molecule has 0 amide bonds. The van der Waals surface area contributed by atoms with Crippen LogP contribution in [-0.2, 0) is 6.42 Å². The summed E-state index contributed by atoms with van der Waals surface area (Å²) in [7, 11) is 6.05. The zero-order valence-corrected chi connectivity index (χ0v) is 30.6. The van der Waals surface area contributed by atoms with Gasteiger partial charge in [-0.1, -0.05) is 6.92 Å². The van der Waals surface area contributed by atoms with Gasteiger partial charge < -0.3 is 29.5 Å². The Morgan fingerprint density at radius 3 is 2.46 bits per heavy atom. The number of halogens is 1. The van der Waals surface area contributed by atoms with Crippen molar-refractivity contribution in [2.75, 3.05) is 80.3 Å². The highest BCUT2D eigenvalue weighted by Gasteiger charge is 2.29. The van der Waals surface area contributed by atoms with Crippen molar-refractivity contribution in [2.45, 2.75) is 50.3 Å². The van der Waals surface area contributed by atoms with Gasteiger partial charge in [-0.2, -0.15) is 4.98 Å². The maximum atomic E-state index is 5.94. The lowest BCUT2D eigenvalue weighted by atomic mass is 9.99. The van der Waals surface area contributed by atoms with Crippen molar-refractivity contribution in [3.8, 4) is 5.75 Å². The van der Waals surface area contributed by atoms with Crippen LogP contribution in [0.4, 0.5) is 34.5 Å². The summed E-state index contributed by atoms with van der Waals surface area (Å²) in [6, 6.07) is 9.10. The molecule has 2 aliphatic heterocycles. The molecule has 2 aromatic carbocycles. The fourth-order valence-corrected chi connectivity index (χ4v) is 8.15. The van der Waals surface area contributed by atoms with Crippen molar-refractivity contribution in [3.05, 3.63) is 52.9 Å². The van der Waals surface area contributed by atoms with Gasteiger partial charge in [0.25, 0.3) is 0 Å². The number of nitrogens with zero attached hydrogens (tertiary/aromatic N) is 8. The Labute approximate surface area is 296 Å². The number of anilines is 6. The molecule has 11 nitrogen and oxygen atoms in total. The molecule has 3 aliphatic rings. The van der Waals surface area contributed by atoms with Crippen LogP contribution in [-0.4, -0.2) is 102 Å². The summed E-state index contributed by atoms with van der Waals surface area (Å²) >= 11 is 5.51. The van der Waals surface area contributed by atoms with E-state index in [1.54, 1.807) is 25.7 Å². The number of rotatable bonds is 11. The molecule has 0 atom stereocenters. The van der Waals surface area contributed by atoms with Crippen molar-refractivity contribution in [2.24, 2.45) is 0 Å². The largest absolute Gasteiger partial charge is 0.494 e. The van der Waals surface area contributed by atoms with Gasteiger partial charge >= 0.3 is 0 Å². The summed E-state index contributed by atoms with van der Waals surface area (Å²) in [6.45, 7) is 9.03. The monoisotopic (exact) mass is 732 g/mol. The molecule has 48 heavy (non-hydrogen) atoms. The first-order chi connectivity index (χ1) is 23.4. The van der Waals surface area contributed by atoms with Crippen LogP contribution in [0.1, 0.15) is 38.2 Å². The van der Waals surface area contributed by atoms with E-state index < -0.39 is 0 Å². The van der Waals surface area contributed by atoms with Crippen LogP contribution < -0.4 is 24.6 Å². The second-order valence-corrected chi connectivity index (χ2v) is 15.2. The molecule has 1 saturated carbocycles. The fraction of sp³-hybridized carbons (Fsp3) is 0.486. The maximum Gasteiger partial charge on any atom is 0.229 e. The van der Waals surface area contributed by atoms with Gasteiger partial charge in [0.2, 0.25) is 5.95 Å². The standard InChI is InChI=1S/C35H45BrN10OS/c1-5-23-20-29(31(47-4)21-30(23)46-14-10-24(11-15-46)45-18-16-43(2)17-19-45)41-35-39-22-26(36)34(42-35)40-28-9-8-27-32(38-13-12-37-27)33(28)44(3)48-25-6-7-25/h8-9,12-13,20-22,24-25H,5-7,10-11,14-19H2,1-4H3,(H2,39,40,41,42). The minimum Gasteiger partial charge on any atom is -0.494 e. The summed E-state index contributed by atoms with van der Waals surface area (Å²) < 4.78 is 8.90. The van der Waals surface area contributed by atoms with Crippen molar-refractivity contribution in [1.29, 1.82) is 0 Å². The van der Waals surface area contributed by atoms with Gasteiger partial charge in [0.15, 0.2) is 0 Å². The summed E-state index contributed by atoms with van der Waals surface area (Å²) in [5, 5.41) is 7.66. The third-order valence-electron chi connectivity index (χ3n) is 9.65. The minimum absolute atomic E-state index is 0.477. The molecule has 1 aliphatic carbocycles. The van der Waals surface area contributed by atoms with Crippen LogP contribution in [0.2, 0.25) is 0 Å². The molecular formula is C35H45BrN10OS. The number of ether oxygens (including phenoxy) is 1. The van der Waals surface area contributed by atoms with E-state index in [9.17, 15) is 0 Å². The van der Waals surface area contributed by atoms with Crippen molar-refractivity contribution in [1.82, 2.24) is 29.7 Å². The number of piperazine rings is 1. The lowest BCUT2D eigenvalue weighted by molar-refractivity contribution is 0.0982. The van der Waals surface area contributed by atoms with Crippen molar-refractivity contribution in [3.63, 3.8) is 0 Å². The predicted molar refractivity (Wildman–Crippen MR) is 202 cm³/mol. The third-order valence-corrected chi connectivity index (χ3v) is 11.5. The smallest absolute Gasteiger partial charge is 0.229 e. The molecule has 2 aromatic heterocycles. The average Bonchev–Trinajstić information content (AvgIpc) is 3.93. The van der Waals surface area contributed by atoms with Crippen LogP contribution in [0.5, 0.6) is 5.75 Å². The SMILES string of the molecule is CCc1cc(Nc2ncc(Br)c(Nc3ccc4nccnc4c3N(C)SC3CC3)n2)c(OC)cc1N1CCC(N2CCN(C)CC2)CC1. The molecule has 2 saturated heterocycles. The number of hydrogen-bond donors (Lipinski definition) is 2. The Morgan fingerprint density at radius 1 is 0.958 bits per heavy atom. The number of methoxy groups -OCH3 is 1. The van der Waals surface area contributed by atoms with E-state index in [4.69, 9.17) is 14.7 Å². The number of fused-ring (bicyclic) bond motifs is 1. The topological polar surface area (TPSA) is 97.8 Å². The van der Waals surface area contributed by atoms with Crippen molar-refractivity contribution < 1.29 is 4.74 Å². The highest BCUT2D eigenvalue weighted by atomic mass is 79.9. The van der Waals surface area contributed by atoms with Gasteiger partial charge in [0.05, 0.1) is 34.2 Å². The van der Waals surface area contributed by atoms with E-state index in [2.05, 4.69) is 88.7 Å². The summed E-state index contributed by atoms with van der Waals surface area (Å²) in [6.07, 6.45) is 11.0. The molecule has 3 fully saturated rings. The first-order valence-corrected chi connectivity index (χ1v) is 18.6. The highest BCUT2D eigenvalue weighted by molar-refractivity contribution is 9.10. The summed E-state index contributed by atoms with van der Waals surface area (Å²) in [5.41, 5.74) is 6.97. The Bertz CT molecular complexity index is 1740. The molecule has 7 rings (SSSR count). The highest BCUT2D eigenvalue weighted by Crippen LogP contribution is 2.43. The van der Waals surface area contributed by atoms with Crippen molar-refractivity contribution >= 4 is 73.4 Å². The second-order valence-electron chi connectivity index (χ2n) is 12.9. The molecule has 0 spiro atoms. The van der Waals surface area contributed by atoms with E-state index in [-0.39, 0.29) is 0 Å². The molecule has 0 radical (unpaired) electrons. The maximum absolute atomic E-state index is 5.94. The molecule has 4 aromatic rings.